The van der Waals surface area contributed by atoms with Gasteiger partial charge in [0.1, 0.15) is 0 Å². The molecule has 0 aliphatic rings. The molecule has 122 valence electrons. The summed E-state index contributed by atoms with van der Waals surface area (Å²) in [4.78, 5) is 10.5. The van der Waals surface area contributed by atoms with Gasteiger partial charge in [0.2, 0.25) is 5.89 Å². The average Bonchev–Trinajstić information content (AvgIpc) is 3.02. The van der Waals surface area contributed by atoms with Crippen molar-refractivity contribution in [3.8, 4) is 0 Å². The minimum absolute atomic E-state index is 0.0325. The van der Waals surface area contributed by atoms with Gasteiger partial charge in [-0.15, -0.1) is 10.2 Å². The highest BCUT2D eigenvalue weighted by Gasteiger charge is 2.16. The molecule has 1 atom stereocenters. The maximum atomic E-state index is 10.9. The predicted molar refractivity (Wildman–Crippen MR) is 90.9 cm³/mol. The lowest BCUT2D eigenvalue weighted by Crippen LogP contribution is -1.92. The van der Waals surface area contributed by atoms with E-state index in [1.165, 1.54) is 17.8 Å². The number of hydrogen-bond donors (Lipinski definition) is 0. The first-order valence-electron chi connectivity index (χ1n) is 7.39. The molecule has 7 heteroatoms. The highest BCUT2D eigenvalue weighted by Crippen LogP contribution is 2.35. The van der Waals surface area contributed by atoms with Gasteiger partial charge in [0, 0.05) is 17.4 Å². The molecule has 3 aromatic rings. The second-order valence-electron chi connectivity index (χ2n) is 5.24. The smallest absolute Gasteiger partial charge is 0.277 e. The lowest BCUT2D eigenvalue weighted by Gasteiger charge is -2.08. The van der Waals surface area contributed by atoms with Crippen molar-refractivity contribution in [3.63, 3.8) is 0 Å². The van der Waals surface area contributed by atoms with E-state index in [0.29, 0.717) is 17.5 Å². The summed E-state index contributed by atoms with van der Waals surface area (Å²) in [5.41, 5.74) is 2.02. The van der Waals surface area contributed by atoms with Gasteiger partial charge in [0.05, 0.1) is 11.3 Å². The van der Waals surface area contributed by atoms with Crippen LogP contribution in [0.3, 0.4) is 0 Å². The zero-order valence-electron chi connectivity index (χ0n) is 13.0. The van der Waals surface area contributed by atoms with Crippen molar-refractivity contribution in [1.82, 2.24) is 10.2 Å². The molecule has 0 amide bonds. The van der Waals surface area contributed by atoms with Crippen molar-refractivity contribution >= 4 is 17.4 Å². The summed E-state index contributed by atoms with van der Waals surface area (Å²) in [5.74, 6) is 0.551. The Hall–Kier alpha value is -2.67. The van der Waals surface area contributed by atoms with E-state index in [-0.39, 0.29) is 10.9 Å². The molecule has 0 saturated heterocycles. The molecular formula is C17H15N3O3S. The lowest BCUT2D eigenvalue weighted by atomic mass is 10.1. The van der Waals surface area contributed by atoms with Crippen LogP contribution >= 0.6 is 11.8 Å². The first-order valence-corrected chi connectivity index (χ1v) is 8.27. The van der Waals surface area contributed by atoms with Gasteiger partial charge in [-0.25, -0.2) is 0 Å². The molecule has 0 fully saturated rings. The Balaban J connectivity index is 1.68. The second kappa shape index (κ2) is 7.27. The van der Waals surface area contributed by atoms with E-state index >= 15 is 0 Å². The third kappa shape index (κ3) is 3.99. The highest BCUT2D eigenvalue weighted by molar-refractivity contribution is 7.99. The normalized spacial score (nSPS) is 12.0. The number of benzene rings is 2. The van der Waals surface area contributed by atoms with Gasteiger partial charge in [-0.1, -0.05) is 54.2 Å². The number of rotatable bonds is 6. The number of hydrogen-bond acceptors (Lipinski definition) is 6. The summed E-state index contributed by atoms with van der Waals surface area (Å²) in [5, 5.41) is 19.4. The van der Waals surface area contributed by atoms with Gasteiger partial charge in [0.25, 0.3) is 10.9 Å². The Bertz CT molecular complexity index is 836. The quantitative estimate of drug-likeness (QED) is 0.375. The van der Waals surface area contributed by atoms with Gasteiger partial charge >= 0.3 is 0 Å². The van der Waals surface area contributed by atoms with Crippen LogP contribution in [0.5, 0.6) is 0 Å². The van der Waals surface area contributed by atoms with Crippen LogP contribution in [0.1, 0.15) is 29.2 Å². The first-order chi connectivity index (χ1) is 11.6. The van der Waals surface area contributed by atoms with Crippen LogP contribution in [0.25, 0.3) is 0 Å². The van der Waals surface area contributed by atoms with Gasteiger partial charge in [0.15, 0.2) is 0 Å². The van der Waals surface area contributed by atoms with E-state index in [9.17, 15) is 10.1 Å². The molecule has 0 saturated carbocycles. The molecule has 1 heterocycles. The minimum atomic E-state index is -0.397. The molecule has 0 N–H and O–H groups in total. The number of nitro groups is 1. The molecule has 6 nitrogen and oxygen atoms in total. The summed E-state index contributed by atoms with van der Waals surface area (Å²) in [7, 11) is 0. The van der Waals surface area contributed by atoms with Crippen molar-refractivity contribution in [2.45, 2.75) is 23.8 Å². The Morgan fingerprint density at radius 3 is 2.71 bits per heavy atom. The zero-order chi connectivity index (χ0) is 16.9. The summed E-state index contributed by atoms with van der Waals surface area (Å²) >= 11 is 1.39. The Morgan fingerprint density at radius 2 is 1.96 bits per heavy atom. The van der Waals surface area contributed by atoms with Crippen LogP contribution in [0.2, 0.25) is 0 Å². The van der Waals surface area contributed by atoms with E-state index in [4.69, 9.17) is 4.42 Å². The van der Waals surface area contributed by atoms with Crippen molar-refractivity contribution in [2.75, 3.05) is 0 Å². The minimum Gasteiger partial charge on any atom is -0.416 e. The van der Waals surface area contributed by atoms with E-state index in [0.717, 1.165) is 11.1 Å². The Labute approximate surface area is 143 Å². The fourth-order valence-corrected chi connectivity index (χ4v) is 3.06. The number of nitro benzene ring substituents is 1. The van der Waals surface area contributed by atoms with Crippen LogP contribution < -0.4 is 0 Å². The van der Waals surface area contributed by atoms with Crippen LogP contribution in [-0.2, 0) is 6.42 Å². The molecule has 0 radical (unpaired) electrons. The van der Waals surface area contributed by atoms with Gasteiger partial charge in [-0.2, -0.15) is 0 Å². The molecule has 2 aromatic carbocycles. The highest BCUT2D eigenvalue weighted by atomic mass is 32.2. The average molecular weight is 341 g/mol. The maximum Gasteiger partial charge on any atom is 0.277 e. The summed E-state index contributed by atoms with van der Waals surface area (Å²) in [6.45, 7) is 1.95. The first kappa shape index (κ1) is 16.2. The Morgan fingerprint density at radius 1 is 1.17 bits per heavy atom. The van der Waals surface area contributed by atoms with Gasteiger partial charge in [-0.05, 0) is 18.1 Å². The van der Waals surface area contributed by atoms with Crippen LogP contribution in [0.4, 0.5) is 5.69 Å². The van der Waals surface area contributed by atoms with Crippen molar-refractivity contribution in [1.29, 1.82) is 0 Å². The molecule has 24 heavy (non-hydrogen) atoms. The van der Waals surface area contributed by atoms with Gasteiger partial charge in [-0.3, -0.25) is 10.1 Å². The monoisotopic (exact) mass is 341 g/mol. The van der Waals surface area contributed by atoms with Gasteiger partial charge < -0.3 is 4.42 Å². The largest absolute Gasteiger partial charge is 0.416 e. The molecule has 0 aliphatic carbocycles. The van der Waals surface area contributed by atoms with Crippen molar-refractivity contribution < 1.29 is 9.34 Å². The van der Waals surface area contributed by atoms with Crippen molar-refractivity contribution in [3.05, 3.63) is 81.7 Å². The van der Waals surface area contributed by atoms with E-state index in [1.54, 1.807) is 12.1 Å². The predicted octanol–water partition coefficient (Wildman–Crippen LogP) is 4.42. The summed E-state index contributed by atoms with van der Waals surface area (Å²) < 4.78 is 5.66. The third-order valence-corrected chi connectivity index (χ3v) is 4.47. The van der Waals surface area contributed by atoms with E-state index in [2.05, 4.69) is 10.2 Å². The number of aromatic nitrogens is 2. The fraction of sp³-hybridized carbons (Fsp3) is 0.176. The lowest BCUT2D eigenvalue weighted by molar-refractivity contribution is -0.384. The van der Waals surface area contributed by atoms with E-state index in [1.807, 2.05) is 43.3 Å². The standard InChI is InChI=1S/C17H15N3O3S/c1-12(14-8-5-9-15(11-14)20(21)22)24-17-19-18-16(23-17)10-13-6-3-2-4-7-13/h2-9,11-12H,10H2,1H3/t12-/m1/s1. The summed E-state index contributed by atoms with van der Waals surface area (Å²) in [6.07, 6.45) is 0.583. The SMILES string of the molecule is C[C@@H](Sc1nnc(Cc2ccccc2)o1)c1cccc([N+](=O)[O-])c1. The van der Waals surface area contributed by atoms with Crippen LogP contribution in [0.15, 0.2) is 64.2 Å². The molecular weight excluding hydrogens is 326 g/mol. The molecule has 0 unspecified atom stereocenters. The topological polar surface area (TPSA) is 82.1 Å². The number of thioether (sulfide) groups is 1. The summed E-state index contributed by atoms with van der Waals surface area (Å²) in [6, 6.07) is 16.5. The second-order valence-corrected chi connectivity index (χ2v) is 6.53. The third-order valence-electron chi connectivity index (χ3n) is 3.47. The molecule has 3 rings (SSSR count). The van der Waals surface area contributed by atoms with Crippen LogP contribution in [-0.4, -0.2) is 15.1 Å². The number of non-ortho nitro benzene ring substituents is 1. The fourth-order valence-electron chi connectivity index (χ4n) is 2.24. The Kier molecular flexibility index (Phi) is 4.90. The molecule has 0 spiro atoms. The maximum absolute atomic E-state index is 10.9. The van der Waals surface area contributed by atoms with Crippen molar-refractivity contribution in [2.24, 2.45) is 0 Å². The van der Waals surface area contributed by atoms with E-state index < -0.39 is 4.92 Å². The molecule has 1 aromatic heterocycles. The zero-order valence-corrected chi connectivity index (χ0v) is 13.8. The molecule has 0 aliphatic heterocycles. The molecule has 0 bridgehead atoms. The number of nitrogens with zero attached hydrogens (tertiary/aromatic N) is 3. The van der Waals surface area contributed by atoms with Crippen LogP contribution in [0, 0.1) is 10.1 Å².